The number of hydrogen-bond donors (Lipinski definition) is 0. The Morgan fingerprint density at radius 3 is 2.50 bits per heavy atom. The highest BCUT2D eigenvalue weighted by Gasteiger charge is 2.19. The van der Waals surface area contributed by atoms with E-state index >= 15 is 0 Å². The van der Waals surface area contributed by atoms with Crippen molar-refractivity contribution in [2.24, 2.45) is 0 Å². The molecule has 0 radical (unpaired) electrons. The monoisotopic (exact) mass is 234 g/mol. The highest BCUT2D eigenvalue weighted by atomic mass is 15.1. The van der Waals surface area contributed by atoms with E-state index in [4.69, 9.17) is 0 Å². The maximum absolute atomic E-state index is 9.22. The molecule has 0 saturated carbocycles. The molecule has 1 aliphatic heterocycles. The Morgan fingerprint density at radius 1 is 0.944 bits per heavy atom. The van der Waals surface area contributed by atoms with E-state index in [1.807, 2.05) is 24.3 Å². The zero-order valence-electron chi connectivity index (χ0n) is 10.1. The summed E-state index contributed by atoms with van der Waals surface area (Å²) >= 11 is 0. The lowest BCUT2D eigenvalue weighted by Gasteiger charge is -2.31. The average molecular weight is 234 g/mol. The van der Waals surface area contributed by atoms with Crippen LogP contribution in [0.5, 0.6) is 0 Å². The third-order valence-corrected chi connectivity index (χ3v) is 3.43. The molecule has 0 atom stereocenters. The van der Waals surface area contributed by atoms with Crippen LogP contribution in [0.2, 0.25) is 0 Å². The molecule has 88 valence electrons. The van der Waals surface area contributed by atoms with Gasteiger partial charge in [0, 0.05) is 12.2 Å². The van der Waals surface area contributed by atoms with Gasteiger partial charge in [-0.05, 0) is 36.6 Å². The van der Waals surface area contributed by atoms with Gasteiger partial charge in [0.1, 0.15) is 6.07 Å². The number of fused-ring (bicyclic) bond motifs is 1. The Labute approximate surface area is 107 Å². The van der Waals surface area contributed by atoms with E-state index in [1.54, 1.807) is 0 Å². The predicted molar refractivity (Wildman–Crippen MR) is 72.9 cm³/mol. The minimum absolute atomic E-state index is 0.745. The zero-order chi connectivity index (χ0) is 12.4. The van der Waals surface area contributed by atoms with Gasteiger partial charge in [0.15, 0.2) is 0 Å². The second kappa shape index (κ2) is 4.54. The zero-order valence-corrected chi connectivity index (χ0v) is 10.1. The lowest BCUT2D eigenvalue weighted by molar-refractivity contribution is 0.766. The molecule has 0 N–H and O–H groups in total. The van der Waals surface area contributed by atoms with Crippen molar-refractivity contribution in [3.8, 4) is 6.07 Å². The number of benzene rings is 2. The summed E-state index contributed by atoms with van der Waals surface area (Å²) in [4.78, 5) is 2.26. The van der Waals surface area contributed by atoms with E-state index in [-0.39, 0.29) is 0 Å². The third kappa shape index (κ3) is 1.74. The summed E-state index contributed by atoms with van der Waals surface area (Å²) < 4.78 is 0. The van der Waals surface area contributed by atoms with Crippen molar-refractivity contribution in [3.05, 3.63) is 59.7 Å². The van der Waals surface area contributed by atoms with Gasteiger partial charge in [-0.15, -0.1) is 0 Å². The van der Waals surface area contributed by atoms with Gasteiger partial charge in [0.05, 0.1) is 11.3 Å². The number of para-hydroxylation sites is 2. The predicted octanol–water partition coefficient (Wildman–Crippen LogP) is 3.64. The molecule has 0 saturated heterocycles. The summed E-state index contributed by atoms with van der Waals surface area (Å²) in [5.74, 6) is 0. The third-order valence-electron chi connectivity index (χ3n) is 3.43. The maximum Gasteiger partial charge on any atom is 0.101 e. The van der Waals surface area contributed by atoms with Crippen LogP contribution in [-0.2, 0) is 6.42 Å². The van der Waals surface area contributed by atoms with E-state index < -0.39 is 0 Å². The minimum Gasteiger partial charge on any atom is -0.340 e. The number of hydrogen-bond acceptors (Lipinski definition) is 2. The van der Waals surface area contributed by atoms with Crippen molar-refractivity contribution in [1.29, 1.82) is 5.26 Å². The van der Waals surface area contributed by atoms with Crippen LogP contribution in [0.25, 0.3) is 0 Å². The molecule has 18 heavy (non-hydrogen) atoms. The van der Waals surface area contributed by atoms with E-state index in [1.165, 1.54) is 11.3 Å². The molecular formula is C16H14N2. The first-order valence-electron chi connectivity index (χ1n) is 6.25. The Morgan fingerprint density at radius 2 is 1.67 bits per heavy atom. The van der Waals surface area contributed by atoms with Gasteiger partial charge in [0.2, 0.25) is 0 Å². The molecule has 2 heteroatoms. The Kier molecular flexibility index (Phi) is 2.74. The fourth-order valence-corrected chi connectivity index (χ4v) is 2.59. The first-order valence-corrected chi connectivity index (χ1v) is 6.25. The fourth-order valence-electron chi connectivity index (χ4n) is 2.59. The van der Waals surface area contributed by atoms with Gasteiger partial charge in [-0.1, -0.05) is 30.3 Å². The SMILES string of the molecule is N#Cc1ccccc1N1CCCc2ccccc21. The molecule has 0 spiro atoms. The van der Waals surface area contributed by atoms with Crippen LogP contribution in [0.4, 0.5) is 11.4 Å². The Bertz CT molecular complexity index is 610. The molecule has 0 fully saturated rings. The number of nitriles is 1. The van der Waals surface area contributed by atoms with Gasteiger partial charge >= 0.3 is 0 Å². The summed E-state index contributed by atoms with van der Waals surface area (Å²) in [6.45, 7) is 0.982. The second-order valence-electron chi connectivity index (χ2n) is 4.51. The van der Waals surface area contributed by atoms with Crippen LogP contribution in [0.1, 0.15) is 17.5 Å². The normalized spacial score (nSPS) is 13.8. The van der Waals surface area contributed by atoms with E-state index in [9.17, 15) is 5.26 Å². The van der Waals surface area contributed by atoms with Crippen molar-refractivity contribution in [2.45, 2.75) is 12.8 Å². The van der Waals surface area contributed by atoms with Crippen molar-refractivity contribution < 1.29 is 0 Å². The van der Waals surface area contributed by atoms with Crippen LogP contribution in [0.15, 0.2) is 48.5 Å². The molecule has 0 amide bonds. The number of nitrogens with zero attached hydrogens (tertiary/aromatic N) is 2. The lowest BCUT2D eigenvalue weighted by Crippen LogP contribution is -2.25. The van der Waals surface area contributed by atoms with Crippen molar-refractivity contribution in [1.82, 2.24) is 0 Å². The summed E-state index contributed by atoms with van der Waals surface area (Å²) in [7, 11) is 0. The maximum atomic E-state index is 9.22. The topological polar surface area (TPSA) is 27.0 Å². The molecule has 2 aromatic carbocycles. The van der Waals surface area contributed by atoms with Crippen LogP contribution >= 0.6 is 0 Å². The molecule has 0 aliphatic carbocycles. The highest BCUT2D eigenvalue weighted by molar-refractivity contribution is 5.72. The molecule has 2 nitrogen and oxygen atoms in total. The van der Waals surface area contributed by atoms with Gasteiger partial charge in [-0.25, -0.2) is 0 Å². The van der Waals surface area contributed by atoms with Crippen molar-refractivity contribution in [3.63, 3.8) is 0 Å². The second-order valence-corrected chi connectivity index (χ2v) is 4.51. The summed E-state index contributed by atoms with van der Waals surface area (Å²) in [6.07, 6.45) is 2.26. The first kappa shape index (κ1) is 10.9. The summed E-state index contributed by atoms with van der Waals surface area (Å²) in [5, 5.41) is 9.22. The standard InChI is InChI=1S/C16H14N2/c17-12-14-7-2-4-10-16(14)18-11-5-8-13-6-1-3-9-15(13)18/h1-4,6-7,9-10H,5,8,11H2. The number of rotatable bonds is 1. The molecule has 0 aromatic heterocycles. The Balaban J connectivity index is 2.12. The Hall–Kier alpha value is -2.27. The van der Waals surface area contributed by atoms with Gasteiger partial charge in [-0.3, -0.25) is 0 Å². The van der Waals surface area contributed by atoms with Gasteiger partial charge in [-0.2, -0.15) is 5.26 Å². The summed E-state index contributed by atoms with van der Waals surface area (Å²) in [6, 6.07) is 18.6. The molecule has 1 aliphatic rings. The van der Waals surface area contributed by atoms with Crippen molar-refractivity contribution in [2.75, 3.05) is 11.4 Å². The first-order chi connectivity index (χ1) is 8.90. The smallest absolute Gasteiger partial charge is 0.101 e. The molecule has 2 aromatic rings. The van der Waals surface area contributed by atoms with E-state index in [0.29, 0.717) is 0 Å². The van der Waals surface area contributed by atoms with Gasteiger partial charge in [0.25, 0.3) is 0 Å². The molecule has 0 bridgehead atoms. The average Bonchev–Trinajstić information content (AvgIpc) is 2.46. The highest BCUT2D eigenvalue weighted by Crippen LogP contribution is 2.34. The van der Waals surface area contributed by atoms with Crippen molar-refractivity contribution >= 4 is 11.4 Å². The number of anilines is 2. The molecular weight excluding hydrogens is 220 g/mol. The fraction of sp³-hybridized carbons (Fsp3) is 0.188. The molecule has 1 heterocycles. The van der Waals surface area contributed by atoms with Crippen LogP contribution < -0.4 is 4.90 Å². The quantitative estimate of drug-likeness (QED) is 0.753. The summed E-state index contributed by atoms with van der Waals surface area (Å²) in [5.41, 5.74) is 4.38. The largest absolute Gasteiger partial charge is 0.340 e. The minimum atomic E-state index is 0.745. The number of aryl methyl sites for hydroxylation is 1. The van der Waals surface area contributed by atoms with Crippen LogP contribution in [0.3, 0.4) is 0 Å². The van der Waals surface area contributed by atoms with Crippen LogP contribution in [-0.4, -0.2) is 6.54 Å². The van der Waals surface area contributed by atoms with Crippen LogP contribution in [0, 0.1) is 11.3 Å². The van der Waals surface area contributed by atoms with E-state index in [0.717, 1.165) is 30.6 Å². The lowest BCUT2D eigenvalue weighted by atomic mass is 10.0. The molecule has 0 unspecified atom stereocenters. The van der Waals surface area contributed by atoms with Gasteiger partial charge < -0.3 is 4.90 Å². The molecule has 3 rings (SSSR count). The van der Waals surface area contributed by atoms with E-state index in [2.05, 4.69) is 35.2 Å².